The van der Waals surface area contributed by atoms with E-state index in [0.29, 0.717) is 0 Å². The molecule has 0 atom stereocenters. The summed E-state index contributed by atoms with van der Waals surface area (Å²) in [6.45, 7) is 12.7. The van der Waals surface area contributed by atoms with Gasteiger partial charge in [-0.3, -0.25) is 0 Å². The molecule has 5 rings (SSSR count). The van der Waals surface area contributed by atoms with Crippen LogP contribution >= 0.6 is 0 Å². The van der Waals surface area contributed by atoms with E-state index in [1.807, 2.05) is 19.1 Å². The number of allylic oxidation sites excluding steroid dienone is 3. The van der Waals surface area contributed by atoms with Gasteiger partial charge in [0.1, 0.15) is 5.94 Å². The Morgan fingerprint density at radius 3 is 1.92 bits per heavy atom. The van der Waals surface area contributed by atoms with Gasteiger partial charge in [-0.2, -0.15) is 0 Å². The van der Waals surface area contributed by atoms with Crippen molar-refractivity contribution in [2.45, 2.75) is 20.3 Å². The second-order valence-corrected chi connectivity index (χ2v) is 9.30. The summed E-state index contributed by atoms with van der Waals surface area (Å²) in [5.41, 5.74) is 9.26. The Morgan fingerprint density at radius 2 is 1.37 bits per heavy atom. The molecule has 0 N–H and O–H groups in total. The maximum atomic E-state index is 12.0. The standard InChI is InChI=1S/C37H30O/c1-5-16-30-32(23-24-38)33(25(4)6-2)36-28(7-3)29-21-14-15-22-31(29)35(27-19-12-9-13-20-27)37(36)34(30)26-17-10-8-11-18-26/h5-6,8-23H,2,4,7H2,1,3H3/b16-5-. The zero-order valence-electron chi connectivity index (χ0n) is 21.9. The molecule has 0 aliphatic rings. The molecule has 0 unspecified atom stereocenters. The van der Waals surface area contributed by atoms with Crippen molar-refractivity contribution in [2.75, 3.05) is 0 Å². The van der Waals surface area contributed by atoms with Gasteiger partial charge in [-0.15, -0.1) is 0 Å². The third kappa shape index (κ3) is 4.04. The van der Waals surface area contributed by atoms with Crippen molar-refractivity contribution in [2.24, 2.45) is 0 Å². The van der Waals surface area contributed by atoms with Crippen molar-refractivity contribution in [1.82, 2.24) is 0 Å². The lowest BCUT2D eigenvalue weighted by molar-refractivity contribution is 0.570. The van der Waals surface area contributed by atoms with Crippen LogP contribution in [0.1, 0.15) is 36.1 Å². The molecule has 0 aromatic heterocycles. The molecule has 0 aliphatic carbocycles. The van der Waals surface area contributed by atoms with Crippen molar-refractivity contribution in [3.8, 4) is 22.3 Å². The maximum Gasteiger partial charge on any atom is 0.125 e. The minimum atomic E-state index is 0.783. The number of aryl methyl sites for hydroxylation is 1. The van der Waals surface area contributed by atoms with Crippen LogP contribution in [-0.4, -0.2) is 5.94 Å². The Bertz CT molecular complexity index is 1760. The Morgan fingerprint density at radius 1 is 0.789 bits per heavy atom. The van der Waals surface area contributed by atoms with E-state index < -0.39 is 0 Å². The van der Waals surface area contributed by atoms with Gasteiger partial charge in [-0.05, 0) is 79.4 Å². The third-order valence-corrected chi connectivity index (χ3v) is 7.23. The molecule has 0 spiro atoms. The Balaban J connectivity index is 2.27. The van der Waals surface area contributed by atoms with Crippen LogP contribution < -0.4 is 0 Å². The van der Waals surface area contributed by atoms with Crippen LogP contribution in [0.3, 0.4) is 0 Å². The lowest BCUT2D eigenvalue weighted by atomic mass is 9.77. The fourth-order valence-corrected chi connectivity index (χ4v) is 5.73. The van der Waals surface area contributed by atoms with E-state index in [0.717, 1.165) is 56.1 Å². The van der Waals surface area contributed by atoms with Crippen LogP contribution in [0.2, 0.25) is 0 Å². The second kappa shape index (κ2) is 10.7. The molecular formula is C37H30O. The van der Waals surface area contributed by atoms with Crippen molar-refractivity contribution >= 4 is 45.2 Å². The Labute approximate surface area is 224 Å². The van der Waals surface area contributed by atoms with E-state index >= 15 is 0 Å². The van der Waals surface area contributed by atoms with E-state index in [2.05, 4.69) is 111 Å². The molecule has 5 aromatic rings. The molecule has 5 aromatic carbocycles. The molecular weight excluding hydrogens is 460 g/mol. The average molecular weight is 491 g/mol. The minimum absolute atomic E-state index is 0.783. The summed E-state index contributed by atoms with van der Waals surface area (Å²) in [5, 5.41) is 4.69. The van der Waals surface area contributed by atoms with E-state index in [1.54, 1.807) is 12.2 Å². The second-order valence-electron chi connectivity index (χ2n) is 9.30. The predicted octanol–water partition coefficient (Wildman–Crippen LogP) is 9.97. The van der Waals surface area contributed by atoms with Crippen LogP contribution in [0.25, 0.3) is 61.5 Å². The van der Waals surface area contributed by atoms with Gasteiger partial charge < -0.3 is 0 Å². The van der Waals surface area contributed by atoms with Gasteiger partial charge in [0.15, 0.2) is 0 Å². The van der Waals surface area contributed by atoms with E-state index in [4.69, 9.17) is 0 Å². The highest BCUT2D eigenvalue weighted by atomic mass is 16.1. The smallest absolute Gasteiger partial charge is 0.125 e. The molecule has 0 fully saturated rings. The van der Waals surface area contributed by atoms with Crippen molar-refractivity contribution in [3.63, 3.8) is 0 Å². The largest absolute Gasteiger partial charge is 0.233 e. The van der Waals surface area contributed by atoms with E-state index in [-0.39, 0.29) is 0 Å². The van der Waals surface area contributed by atoms with Crippen molar-refractivity contribution in [3.05, 3.63) is 132 Å². The lowest BCUT2D eigenvalue weighted by Crippen LogP contribution is -2.03. The van der Waals surface area contributed by atoms with Gasteiger partial charge in [0.05, 0.1) is 0 Å². The SMILES string of the molecule is C=CC(=C)c1c(C=C=O)c(/C=C\C)c(-c2ccccc2)c2c(-c3ccccc3)c3ccccc3c(CC)c12. The average Bonchev–Trinajstić information content (AvgIpc) is 2.97. The van der Waals surface area contributed by atoms with Crippen LogP contribution in [0.4, 0.5) is 0 Å². The van der Waals surface area contributed by atoms with Gasteiger partial charge in [0.25, 0.3) is 0 Å². The summed E-state index contributed by atoms with van der Waals surface area (Å²) in [7, 11) is 0. The van der Waals surface area contributed by atoms with E-state index in [1.165, 1.54) is 21.9 Å². The summed E-state index contributed by atoms with van der Waals surface area (Å²) in [4.78, 5) is 12.0. The molecule has 1 nitrogen and oxygen atoms in total. The highest BCUT2D eigenvalue weighted by Gasteiger charge is 2.25. The highest BCUT2D eigenvalue weighted by Crippen LogP contribution is 2.49. The highest BCUT2D eigenvalue weighted by molar-refractivity contribution is 6.24. The number of hydrogen-bond acceptors (Lipinski definition) is 1. The first-order valence-corrected chi connectivity index (χ1v) is 13.0. The number of carbonyl (C=O) groups excluding carboxylic acids is 1. The summed E-state index contributed by atoms with van der Waals surface area (Å²) >= 11 is 0. The summed E-state index contributed by atoms with van der Waals surface area (Å²) in [5.74, 6) is 2.08. The number of benzene rings is 5. The molecule has 184 valence electrons. The fourth-order valence-electron chi connectivity index (χ4n) is 5.73. The summed E-state index contributed by atoms with van der Waals surface area (Å²) in [6, 6.07) is 29.7. The Hall–Kier alpha value is -4.71. The van der Waals surface area contributed by atoms with Gasteiger partial charge in [-0.25, -0.2) is 4.79 Å². The quantitative estimate of drug-likeness (QED) is 0.126. The van der Waals surface area contributed by atoms with Crippen molar-refractivity contribution < 1.29 is 4.79 Å². The molecule has 0 saturated carbocycles. The fraction of sp³-hybridized carbons (Fsp3) is 0.0811. The number of hydrogen-bond donors (Lipinski definition) is 0. The molecule has 0 bridgehead atoms. The zero-order chi connectivity index (χ0) is 26.6. The van der Waals surface area contributed by atoms with Gasteiger partial charge in [0, 0.05) is 11.6 Å². The first kappa shape index (κ1) is 25.0. The molecule has 0 amide bonds. The van der Waals surface area contributed by atoms with Crippen LogP contribution in [-0.2, 0) is 11.2 Å². The topological polar surface area (TPSA) is 17.1 Å². The third-order valence-electron chi connectivity index (χ3n) is 7.23. The predicted molar refractivity (Wildman–Crippen MR) is 166 cm³/mol. The first-order chi connectivity index (χ1) is 18.7. The number of fused-ring (bicyclic) bond motifs is 2. The van der Waals surface area contributed by atoms with Crippen LogP contribution in [0.5, 0.6) is 0 Å². The van der Waals surface area contributed by atoms with E-state index in [9.17, 15) is 4.79 Å². The number of rotatable bonds is 7. The zero-order valence-corrected chi connectivity index (χ0v) is 21.9. The summed E-state index contributed by atoms with van der Waals surface area (Å²) < 4.78 is 0. The van der Waals surface area contributed by atoms with Gasteiger partial charge in [-0.1, -0.05) is 123 Å². The molecule has 0 aliphatic heterocycles. The van der Waals surface area contributed by atoms with Gasteiger partial charge >= 0.3 is 0 Å². The minimum Gasteiger partial charge on any atom is -0.233 e. The van der Waals surface area contributed by atoms with Crippen LogP contribution in [0.15, 0.2) is 110 Å². The maximum absolute atomic E-state index is 12.0. The monoisotopic (exact) mass is 490 g/mol. The van der Waals surface area contributed by atoms with Crippen molar-refractivity contribution in [1.29, 1.82) is 0 Å². The lowest BCUT2D eigenvalue weighted by Gasteiger charge is -2.26. The first-order valence-electron chi connectivity index (χ1n) is 13.0. The Kier molecular flexibility index (Phi) is 7.05. The summed E-state index contributed by atoms with van der Waals surface area (Å²) in [6.07, 6.45) is 8.29. The molecule has 0 radical (unpaired) electrons. The molecule has 1 heteroatoms. The molecule has 0 saturated heterocycles. The normalized spacial score (nSPS) is 11.1. The molecule has 38 heavy (non-hydrogen) atoms. The van der Waals surface area contributed by atoms with Gasteiger partial charge in [0.2, 0.25) is 0 Å². The van der Waals surface area contributed by atoms with Crippen LogP contribution in [0, 0.1) is 0 Å². The molecule has 0 heterocycles.